The smallest absolute Gasteiger partial charge is 0.0208 e. The minimum Gasteiger partial charge on any atom is -0.310 e. The van der Waals surface area contributed by atoms with Gasteiger partial charge in [0.25, 0.3) is 0 Å². The van der Waals surface area contributed by atoms with Crippen molar-refractivity contribution in [3.8, 4) is 0 Å². The number of benzene rings is 1. The summed E-state index contributed by atoms with van der Waals surface area (Å²) in [4.78, 5) is 0. The SMILES string of the molecule is Brc1ccc(CNC2CC=CCC2)cc1. The summed E-state index contributed by atoms with van der Waals surface area (Å²) in [6.45, 7) is 0.978. The molecule has 0 radical (unpaired) electrons. The number of hydrogen-bond donors (Lipinski definition) is 1. The van der Waals surface area contributed by atoms with Crippen LogP contribution in [0.3, 0.4) is 0 Å². The molecule has 1 N–H and O–H groups in total. The molecule has 15 heavy (non-hydrogen) atoms. The van der Waals surface area contributed by atoms with Crippen LogP contribution in [0.5, 0.6) is 0 Å². The fourth-order valence-electron chi connectivity index (χ4n) is 1.84. The average Bonchev–Trinajstić information content (AvgIpc) is 2.30. The zero-order valence-electron chi connectivity index (χ0n) is 8.75. The zero-order valence-corrected chi connectivity index (χ0v) is 10.3. The van der Waals surface area contributed by atoms with Gasteiger partial charge in [0.2, 0.25) is 0 Å². The Hall–Kier alpha value is -0.600. The topological polar surface area (TPSA) is 12.0 Å². The first-order valence-electron chi connectivity index (χ1n) is 5.47. The van der Waals surface area contributed by atoms with Gasteiger partial charge in [0.15, 0.2) is 0 Å². The molecule has 1 nitrogen and oxygen atoms in total. The van der Waals surface area contributed by atoms with Crippen LogP contribution in [0.4, 0.5) is 0 Å². The van der Waals surface area contributed by atoms with Crippen LogP contribution in [0.25, 0.3) is 0 Å². The van der Waals surface area contributed by atoms with E-state index in [1.165, 1.54) is 24.8 Å². The Morgan fingerprint density at radius 2 is 2.00 bits per heavy atom. The molecule has 2 heteroatoms. The van der Waals surface area contributed by atoms with Gasteiger partial charge in [0.1, 0.15) is 0 Å². The predicted octanol–water partition coefficient (Wildman–Crippen LogP) is 3.65. The standard InChI is InChI=1S/C13H16BrN/c14-12-8-6-11(7-9-12)10-15-13-4-2-1-3-5-13/h1-2,6-9,13,15H,3-5,10H2. The van der Waals surface area contributed by atoms with E-state index in [9.17, 15) is 0 Å². The van der Waals surface area contributed by atoms with Crippen molar-refractivity contribution in [2.24, 2.45) is 0 Å². The maximum Gasteiger partial charge on any atom is 0.0208 e. The second-order valence-corrected chi connectivity index (χ2v) is 4.90. The molecule has 0 aromatic heterocycles. The molecule has 1 unspecified atom stereocenters. The van der Waals surface area contributed by atoms with Gasteiger partial charge in [-0.3, -0.25) is 0 Å². The fourth-order valence-corrected chi connectivity index (χ4v) is 2.11. The maximum atomic E-state index is 3.59. The highest BCUT2D eigenvalue weighted by Crippen LogP contribution is 2.13. The van der Waals surface area contributed by atoms with E-state index in [2.05, 4.69) is 57.7 Å². The molecule has 2 rings (SSSR count). The van der Waals surface area contributed by atoms with Crippen molar-refractivity contribution in [2.45, 2.75) is 31.8 Å². The van der Waals surface area contributed by atoms with E-state index in [-0.39, 0.29) is 0 Å². The lowest BCUT2D eigenvalue weighted by Gasteiger charge is -2.19. The van der Waals surface area contributed by atoms with Gasteiger partial charge in [-0.15, -0.1) is 0 Å². The first-order valence-corrected chi connectivity index (χ1v) is 6.27. The van der Waals surface area contributed by atoms with E-state index >= 15 is 0 Å². The van der Waals surface area contributed by atoms with Crippen molar-refractivity contribution in [1.82, 2.24) is 5.32 Å². The number of rotatable bonds is 3. The minimum atomic E-state index is 0.665. The van der Waals surface area contributed by atoms with Crippen LogP contribution in [0.2, 0.25) is 0 Å². The van der Waals surface area contributed by atoms with Crippen LogP contribution in [-0.2, 0) is 6.54 Å². The summed E-state index contributed by atoms with van der Waals surface area (Å²) in [5.74, 6) is 0. The largest absolute Gasteiger partial charge is 0.310 e. The lowest BCUT2D eigenvalue weighted by Crippen LogP contribution is -2.29. The van der Waals surface area contributed by atoms with Crippen LogP contribution >= 0.6 is 15.9 Å². The molecule has 0 spiro atoms. The normalized spacial score (nSPS) is 20.5. The summed E-state index contributed by atoms with van der Waals surface area (Å²) in [6, 6.07) is 9.18. The van der Waals surface area contributed by atoms with Crippen molar-refractivity contribution >= 4 is 15.9 Å². The van der Waals surface area contributed by atoms with Crippen LogP contribution < -0.4 is 5.32 Å². The third-order valence-electron chi connectivity index (χ3n) is 2.78. The molecule has 0 aliphatic heterocycles. The Labute approximate surface area is 99.7 Å². The maximum absolute atomic E-state index is 3.59. The van der Waals surface area contributed by atoms with Crippen LogP contribution in [0.15, 0.2) is 40.9 Å². The molecule has 0 bridgehead atoms. The Morgan fingerprint density at radius 3 is 2.67 bits per heavy atom. The molecule has 1 atom stereocenters. The minimum absolute atomic E-state index is 0.665. The lowest BCUT2D eigenvalue weighted by atomic mass is 10.0. The van der Waals surface area contributed by atoms with Gasteiger partial charge in [-0.05, 0) is 37.0 Å². The van der Waals surface area contributed by atoms with Gasteiger partial charge in [0.05, 0.1) is 0 Å². The van der Waals surface area contributed by atoms with Crippen LogP contribution in [0.1, 0.15) is 24.8 Å². The first kappa shape index (κ1) is 10.9. The Bertz CT molecular complexity index is 329. The summed E-state index contributed by atoms with van der Waals surface area (Å²) in [5.41, 5.74) is 1.35. The molecule has 0 heterocycles. The Morgan fingerprint density at radius 1 is 1.20 bits per heavy atom. The van der Waals surface area contributed by atoms with Gasteiger partial charge < -0.3 is 5.32 Å². The molecular formula is C13H16BrN. The summed E-state index contributed by atoms with van der Waals surface area (Å²) in [6.07, 6.45) is 8.22. The number of nitrogens with one attached hydrogen (secondary N) is 1. The van der Waals surface area contributed by atoms with Gasteiger partial charge >= 0.3 is 0 Å². The molecule has 1 aromatic rings. The number of halogens is 1. The van der Waals surface area contributed by atoms with Gasteiger partial charge in [-0.2, -0.15) is 0 Å². The summed E-state index contributed by atoms with van der Waals surface area (Å²) >= 11 is 3.44. The monoisotopic (exact) mass is 265 g/mol. The second kappa shape index (κ2) is 5.47. The molecule has 0 saturated carbocycles. The number of allylic oxidation sites excluding steroid dienone is 1. The molecule has 0 amide bonds. The summed E-state index contributed by atoms with van der Waals surface area (Å²) in [5, 5.41) is 3.59. The van der Waals surface area contributed by atoms with Crippen molar-refractivity contribution in [3.63, 3.8) is 0 Å². The van der Waals surface area contributed by atoms with E-state index in [0.717, 1.165) is 11.0 Å². The van der Waals surface area contributed by atoms with E-state index in [4.69, 9.17) is 0 Å². The third kappa shape index (κ3) is 3.47. The Kier molecular flexibility index (Phi) is 3.98. The molecule has 1 aliphatic carbocycles. The highest BCUT2D eigenvalue weighted by molar-refractivity contribution is 9.10. The van der Waals surface area contributed by atoms with E-state index < -0.39 is 0 Å². The molecule has 0 saturated heterocycles. The van der Waals surface area contributed by atoms with Gasteiger partial charge in [0, 0.05) is 17.1 Å². The summed E-state index contributed by atoms with van der Waals surface area (Å²) in [7, 11) is 0. The van der Waals surface area contributed by atoms with Gasteiger partial charge in [-0.25, -0.2) is 0 Å². The van der Waals surface area contributed by atoms with Crippen LogP contribution in [-0.4, -0.2) is 6.04 Å². The van der Waals surface area contributed by atoms with Crippen molar-refractivity contribution in [2.75, 3.05) is 0 Å². The fraction of sp³-hybridized carbons (Fsp3) is 0.385. The van der Waals surface area contributed by atoms with Crippen molar-refractivity contribution in [1.29, 1.82) is 0 Å². The zero-order chi connectivity index (χ0) is 10.5. The lowest BCUT2D eigenvalue weighted by molar-refractivity contribution is 0.474. The Balaban J connectivity index is 1.82. The van der Waals surface area contributed by atoms with Gasteiger partial charge in [-0.1, -0.05) is 40.2 Å². The van der Waals surface area contributed by atoms with E-state index in [1.54, 1.807) is 0 Å². The van der Waals surface area contributed by atoms with Crippen molar-refractivity contribution in [3.05, 3.63) is 46.5 Å². The molecule has 1 aromatic carbocycles. The third-order valence-corrected chi connectivity index (χ3v) is 3.31. The van der Waals surface area contributed by atoms with Crippen molar-refractivity contribution < 1.29 is 0 Å². The summed E-state index contributed by atoms with van der Waals surface area (Å²) < 4.78 is 1.15. The molecule has 1 aliphatic rings. The molecule has 0 fully saturated rings. The predicted molar refractivity (Wildman–Crippen MR) is 67.8 cm³/mol. The molecule has 80 valence electrons. The van der Waals surface area contributed by atoms with E-state index in [0.29, 0.717) is 6.04 Å². The van der Waals surface area contributed by atoms with E-state index in [1.807, 2.05) is 0 Å². The molecular weight excluding hydrogens is 250 g/mol. The van der Waals surface area contributed by atoms with Crippen LogP contribution in [0, 0.1) is 0 Å². The second-order valence-electron chi connectivity index (χ2n) is 3.99. The first-order chi connectivity index (χ1) is 7.34. The highest BCUT2D eigenvalue weighted by atomic mass is 79.9. The number of hydrogen-bond acceptors (Lipinski definition) is 1. The quantitative estimate of drug-likeness (QED) is 0.823. The highest BCUT2D eigenvalue weighted by Gasteiger charge is 2.08. The average molecular weight is 266 g/mol.